The summed E-state index contributed by atoms with van der Waals surface area (Å²) >= 11 is 5.35. The first-order valence-corrected chi connectivity index (χ1v) is 33.3. The molecule has 0 bridgehead atoms. The van der Waals surface area contributed by atoms with Crippen LogP contribution in [0.5, 0.6) is 0 Å². The predicted octanol–water partition coefficient (Wildman–Crippen LogP) is 9.46. The van der Waals surface area contributed by atoms with Crippen LogP contribution in [0.25, 0.3) is 26.4 Å². The number of benzene rings is 3. The number of rotatable bonds is 15. The van der Waals surface area contributed by atoms with Gasteiger partial charge < -0.3 is 36.4 Å². The van der Waals surface area contributed by atoms with Crippen LogP contribution in [-0.4, -0.2) is 120 Å². The van der Waals surface area contributed by atoms with Gasteiger partial charge in [-0.2, -0.15) is 8.42 Å². The minimum absolute atomic E-state index is 0. The van der Waals surface area contributed by atoms with E-state index in [9.17, 15) is 36.5 Å². The Balaban J connectivity index is 0.000000364. The summed E-state index contributed by atoms with van der Waals surface area (Å²) in [7, 11) is -3.23. The van der Waals surface area contributed by atoms with Gasteiger partial charge in [-0.1, -0.05) is 98.7 Å². The molecule has 438 valence electrons. The van der Waals surface area contributed by atoms with E-state index in [1.54, 1.807) is 34.0 Å². The van der Waals surface area contributed by atoms with Gasteiger partial charge in [-0.3, -0.25) is 13.5 Å². The molecular formula is C57H76ClFN7NaO9S5. The maximum absolute atomic E-state index is 11.1. The molecule has 3 aromatic carbocycles. The topological polar surface area (TPSA) is 269 Å². The molecule has 24 heteroatoms. The van der Waals surface area contributed by atoms with E-state index < -0.39 is 44.6 Å². The quantitative estimate of drug-likeness (QED) is 0.0189. The van der Waals surface area contributed by atoms with Gasteiger partial charge in [0.15, 0.2) is 0 Å². The molecule has 3 aliphatic carbocycles. The molecule has 0 aliphatic heterocycles. The van der Waals surface area contributed by atoms with Gasteiger partial charge in [0.2, 0.25) is 9.05 Å². The van der Waals surface area contributed by atoms with E-state index in [-0.39, 0.29) is 67.1 Å². The second-order valence-corrected chi connectivity index (χ2v) is 26.5. The summed E-state index contributed by atoms with van der Waals surface area (Å²) in [6.07, 6.45) is 7.75. The van der Waals surface area contributed by atoms with E-state index in [4.69, 9.17) is 27.3 Å². The zero-order valence-electron chi connectivity index (χ0n) is 47.9. The van der Waals surface area contributed by atoms with Crippen molar-refractivity contribution in [3.8, 4) is 0 Å². The smallest absolute Gasteiger partial charge is 0.394 e. The minimum atomic E-state index is -3.54. The number of aliphatic hydroxyl groups is 4. The van der Waals surface area contributed by atoms with E-state index in [0.717, 1.165) is 51.0 Å². The van der Waals surface area contributed by atoms with Crippen molar-refractivity contribution in [3.63, 3.8) is 0 Å². The monoisotopic (exact) mass is 1240 g/mol. The fraction of sp³-hybridized carbons (Fsp3) is 0.474. The fourth-order valence-electron chi connectivity index (χ4n) is 9.94. The van der Waals surface area contributed by atoms with Crippen LogP contribution in [0.2, 0.25) is 0 Å². The first-order chi connectivity index (χ1) is 38.7. The Morgan fingerprint density at radius 1 is 0.642 bits per heavy atom. The van der Waals surface area contributed by atoms with Crippen LogP contribution in [0.15, 0.2) is 112 Å². The Morgan fingerprint density at radius 3 is 1.26 bits per heavy atom. The normalized spacial score (nSPS) is 16.5. The SMILES string of the molecule is CCN(CC)CC.CS(=O)(=O)Cl.CS(=O)(=O)OCC(O)CC1c2ccccc2CCc2sccc21.OCC(O)CC1c2ccccc2CCc2sccc21.[2H]CF.[N-]=[N+]=NCC(O)CC1c2ccccc2CCc2sccc21.[N-]=[N+]=[N-].[Na+]. The Hall–Kier alpha value is -3.74. The summed E-state index contributed by atoms with van der Waals surface area (Å²) in [6.45, 7) is 9.89. The van der Waals surface area contributed by atoms with Crippen molar-refractivity contribution in [1.82, 2.24) is 4.90 Å². The Bertz CT molecular complexity index is 3090. The van der Waals surface area contributed by atoms with Gasteiger partial charge in [-0.25, -0.2) is 8.42 Å². The number of fused-ring (bicyclic) bond motifs is 6. The molecule has 16 nitrogen and oxygen atoms in total. The standard InChI is InChI=1S/C17H20O4S2.C16H17N3OS.C16H18O2S.C6H15N.CH3ClO2S.CH3F.N3.Na/c1-23(19,20)21-11-13(18)10-16-14-5-3-2-4-12(14)6-7-17-15(16)8-9-22-17;17-19-18-10-12(20)9-15-13-4-2-1-3-11(13)5-6-16-14(15)7-8-21-16;17-10-12(18)9-15-13-4-2-1-3-11(13)5-6-16-14(15)7-8-19-16;1-4-7(5-2)6-3;1-5(2,3)4;1-2;1-3-2;/h2-5,8-9,13,16,18H,6-7,10-11H2,1H3;1-4,7-8,12,15,20H,5-6,9-10H2;1-4,7-8,12,15,17-18H,5-6,9-10H2;4-6H2,1-3H3;1H3;1H3;;/q;;;;;;-1;+1/i;;;;;1D;;. The van der Waals surface area contributed by atoms with Crippen molar-refractivity contribution >= 4 is 63.9 Å². The second kappa shape index (κ2) is 39.0. The van der Waals surface area contributed by atoms with Gasteiger partial charge in [-0.05, 0) is 167 Å². The average Bonchev–Trinajstić information content (AvgIpc) is 4.18. The predicted molar refractivity (Wildman–Crippen MR) is 325 cm³/mol. The van der Waals surface area contributed by atoms with Crippen molar-refractivity contribution in [3.05, 3.63) is 198 Å². The van der Waals surface area contributed by atoms with Crippen LogP contribution in [0.4, 0.5) is 4.39 Å². The fourth-order valence-corrected chi connectivity index (χ4v) is 13.2. The molecule has 4 N–H and O–H groups in total. The van der Waals surface area contributed by atoms with Crippen LogP contribution >= 0.6 is 44.7 Å². The zero-order chi connectivity index (χ0) is 60.0. The third kappa shape index (κ3) is 25.6. The van der Waals surface area contributed by atoms with Gasteiger partial charge >= 0.3 is 29.6 Å². The summed E-state index contributed by atoms with van der Waals surface area (Å²) in [4.78, 5) is 10.8. The molecular weight excluding hydrogens is 1160 g/mol. The van der Waals surface area contributed by atoms with Crippen LogP contribution in [-0.2, 0) is 61.9 Å². The number of hydrogen-bond acceptors (Lipinski definition) is 14. The number of hydrogen-bond donors (Lipinski definition) is 4. The van der Waals surface area contributed by atoms with E-state index in [0.29, 0.717) is 19.3 Å². The molecule has 3 heterocycles. The molecule has 0 radical (unpaired) electrons. The molecule has 3 aliphatic rings. The number of azide groups is 1. The third-order valence-electron chi connectivity index (χ3n) is 13.5. The second-order valence-electron chi connectivity index (χ2n) is 18.8. The van der Waals surface area contributed by atoms with Gasteiger partial charge in [-0.15, -0.1) is 34.0 Å². The molecule has 6 aromatic rings. The number of aryl methyl sites for hydroxylation is 6. The van der Waals surface area contributed by atoms with Crippen molar-refractivity contribution in [2.75, 3.05) is 59.1 Å². The van der Waals surface area contributed by atoms with E-state index in [1.165, 1.54) is 89.2 Å². The number of aliphatic hydroxyl groups excluding tert-OH is 4. The maximum atomic E-state index is 11.1. The average molecular weight is 1240 g/mol. The Labute approximate surface area is 518 Å². The third-order valence-corrected chi connectivity index (χ3v) is 17.1. The van der Waals surface area contributed by atoms with Crippen molar-refractivity contribution in [2.45, 2.75) is 115 Å². The van der Waals surface area contributed by atoms with E-state index in [2.05, 4.69) is 141 Å². The number of nitrogens with zero attached hydrogens (tertiary/aromatic N) is 7. The molecule has 3 aromatic heterocycles. The summed E-state index contributed by atoms with van der Waals surface area (Å²) < 4.78 is 61.3. The summed E-state index contributed by atoms with van der Waals surface area (Å²) in [6, 6.07) is 31.7. The summed E-state index contributed by atoms with van der Waals surface area (Å²) in [5, 5.41) is 49.2. The largest absolute Gasteiger partial charge is 1.00 e. The molecule has 81 heavy (non-hydrogen) atoms. The van der Waals surface area contributed by atoms with Gasteiger partial charge in [0.25, 0.3) is 10.1 Å². The van der Waals surface area contributed by atoms with Crippen LogP contribution in [0.1, 0.15) is 124 Å². The molecule has 0 spiro atoms. The molecule has 6 unspecified atom stereocenters. The number of halogens is 2. The van der Waals surface area contributed by atoms with Crippen molar-refractivity contribution < 1.29 is 76.8 Å². The molecule has 0 saturated heterocycles. The summed E-state index contributed by atoms with van der Waals surface area (Å²) in [5.74, 6) is 0.476. The zero-order valence-corrected chi connectivity index (χ0v) is 53.8. The summed E-state index contributed by atoms with van der Waals surface area (Å²) in [5.41, 5.74) is 33.7. The molecule has 9 rings (SSSR count). The van der Waals surface area contributed by atoms with Gasteiger partial charge in [0.05, 0.1) is 59.1 Å². The minimum Gasteiger partial charge on any atom is -0.394 e. The van der Waals surface area contributed by atoms with Crippen molar-refractivity contribution in [2.24, 2.45) is 5.11 Å². The van der Waals surface area contributed by atoms with Crippen molar-refractivity contribution in [1.29, 1.82) is 0 Å². The Kier molecular flexibility index (Phi) is 34.4. The molecule has 6 atom stereocenters. The maximum Gasteiger partial charge on any atom is 1.00 e. The van der Waals surface area contributed by atoms with Gasteiger partial charge in [0.1, 0.15) is 0 Å². The Morgan fingerprint density at radius 2 is 0.963 bits per heavy atom. The first-order valence-electron chi connectivity index (χ1n) is 26.8. The molecule has 0 saturated carbocycles. The molecule has 0 fully saturated rings. The van der Waals surface area contributed by atoms with Crippen LogP contribution in [0.3, 0.4) is 0 Å². The number of alkyl halides is 1. The van der Waals surface area contributed by atoms with E-state index >= 15 is 0 Å². The van der Waals surface area contributed by atoms with Gasteiger partial charge in [0, 0.05) is 48.0 Å². The van der Waals surface area contributed by atoms with Crippen LogP contribution in [0, 0.1) is 0 Å². The number of thiophene rings is 3. The first kappa shape index (κ1) is 71.5. The van der Waals surface area contributed by atoms with E-state index in [1.807, 2.05) is 12.1 Å². The molecule has 0 amide bonds. The van der Waals surface area contributed by atoms with Crippen LogP contribution < -0.4 is 29.6 Å².